The molecule has 0 spiro atoms. The molecule has 0 saturated heterocycles. The van der Waals surface area contributed by atoms with Gasteiger partial charge < -0.3 is 4.74 Å². The van der Waals surface area contributed by atoms with E-state index in [1.807, 2.05) is 6.92 Å². The minimum Gasteiger partial charge on any atom is -0.495 e. The Bertz CT molecular complexity index is 136. The van der Waals surface area contributed by atoms with E-state index in [9.17, 15) is 0 Å². The van der Waals surface area contributed by atoms with Crippen molar-refractivity contribution in [3.63, 3.8) is 0 Å². The Morgan fingerprint density at radius 3 is 2.56 bits per heavy atom. The fourth-order valence-electron chi connectivity index (χ4n) is 1.06. The van der Waals surface area contributed by atoms with Crippen molar-refractivity contribution in [1.29, 1.82) is 0 Å². The molecule has 52 valence electrons. The van der Waals surface area contributed by atoms with Crippen molar-refractivity contribution >= 4 is 0 Å². The van der Waals surface area contributed by atoms with E-state index in [2.05, 4.69) is 13.8 Å². The van der Waals surface area contributed by atoms with Crippen LogP contribution in [0.3, 0.4) is 0 Å². The average molecular weight is 126 g/mol. The second kappa shape index (κ2) is 2.42. The van der Waals surface area contributed by atoms with E-state index in [0.717, 1.165) is 5.76 Å². The van der Waals surface area contributed by atoms with Gasteiger partial charge in [0.1, 0.15) is 0 Å². The third kappa shape index (κ3) is 1.47. The lowest BCUT2D eigenvalue weighted by Crippen LogP contribution is -2.12. The summed E-state index contributed by atoms with van der Waals surface area (Å²) in [6.07, 6.45) is 2.84. The predicted molar refractivity (Wildman–Crippen MR) is 38.2 cm³/mol. The number of ether oxygens (including phenoxy) is 1. The summed E-state index contributed by atoms with van der Waals surface area (Å²) in [6.45, 7) is 6.31. The summed E-state index contributed by atoms with van der Waals surface area (Å²) in [5, 5.41) is 0. The molecule has 0 aliphatic carbocycles. The molecule has 1 aliphatic rings. The van der Waals surface area contributed by atoms with Gasteiger partial charge >= 0.3 is 0 Å². The van der Waals surface area contributed by atoms with E-state index in [1.54, 1.807) is 0 Å². The zero-order valence-corrected chi connectivity index (χ0v) is 6.40. The van der Waals surface area contributed by atoms with Gasteiger partial charge in [0.25, 0.3) is 0 Å². The van der Waals surface area contributed by atoms with Crippen molar-refractivity contribution in [3.8, 4) is 0 Å². The minimum atomic E-state index is 0.439. The van der Waals surface area contributed by atoms with Crippen LogP contribution in [0.25, 0.3) is 0 Å². The maximum atomic E-state index is 5.48. The van der Waals surface area contributed by atoms with Crippen molar-refractivity contribution in [2.45, 2.75) is 39.7 Å². The molecular formula is C8H14O. The number of hydrogen-bond donors (Lipinski definition) is 0. The molecule has 1 nitrogen and oxygen atoms in total. The highest BCUT2D eigenvalue weighted by atomic mass is 16.5. The summed E-state index contributed by atoms with van der Waals surface area (Å²) >= 11 is 0. The van der Waals surface area contributed by atoms with Gasteiger partial charge in [-0.1, -0.05) is 0 Å². The molecule has 1 aliphatic heterocycles. The zero-order valence-electron chi connectivity index (χ0n) is 6.40. The molecule has 0 saturated carbocycles. The van der Waals surface area contributed by atoms with E-state index in [0.29, 0.717) is 6.10 Å². The summed E-state index contributed by atoms with van der Waals surface area (Å²) in [5.74, 6) is 1.13. The molecule has 0 radical (unpaired) electrons. The Morgan fingerprint density at radius 1 is 1.44 bits per heavy atom. The first-order valence-corrected chi connectivity index (χ1v) is 3.53. The molecule has 1 heteroatoms. The summed E-state index contributed by atoms with van der Waals surface area (Å²) in [6, 6.07) is 0. The van der Waals surface area contributed by atoms with E-state index >= 15 is 0 Å². The van der Waals surface area contributed by atoms with Gasteiger partial charge in [-0.3, -0.25) is 0 Å². The van der Waals surface area contributed by atoms with Crippen molar-refractivity contribution in [1.82, 2.24) is 0 Å². The SMILES string of the molecule is CC1=C(C)OC(C)CC1. The van der Waals surface area contributed by atoms with Crippen LogP contribution in [0.4, 0.5) is 0 Å². The molecule has 1 unspecified atom stereocenters. The van der Waals surface area contributed by atoms with Crippen LogP contribution in [0.1, 0.15) is 33.6 Å². The zero-order chi connectivity index (χ0) is 6.85. The Hall–Kier alpha value is -0.460. The van der Waals surface area contributed by atoms with Crippen LogP contribution >= 0.6 is 0 Å². The molecule has 0 fully saturated rings. The van der Waals surface area contributed by atoms with Gasteiger partial charge in [0.15, 0.2) is 0 Å². The Morgan fingerprint density at radius 2 is 2.11 bits per heavy atom. The second-order valence-corrected chi connectivity index (χ2v) is 2.80. The van der Waals surface area contributed by atoms with E-state index in [1.165, 1.54) is 18.4 Å². The normalized spacial score (nSPS) is 28.1. The fraction of sp³-hybridized carbons (Fsp3) is 0.750. The monoisotopic (exact) mass is 126 g/mol. The summed E-state index contributed by atoms with van der Waals surface area (Å²) in [7, 11) is 0. The highest BCUT2D eigenvalue weighted by Gasteiger charge is 2.11. The van der Waals surface area contributed by atoms with Gasteiger partial charge in [0.05, 0.1) is 11.9 Å². The topological polar surface area (TPSA) is 9.23 Å². The number of hydrogen-bond acceptors (Lipinski definition) is 1. The molecule has 0 amide bonds. The minimum absolute atomic E-state index is 0.439. The maximum Gasteiger partial charge on any atom is 0.0957 e. The highest BCUT2D eigenvalue weighted by molar-refractivity contribution is 5.06. The predicted octanol–water partition coefficient (Wildman–Crippen LogP) is 2.48. The van der Waals surface area contributed by atoms with Crippen molar-refractivity contribution < 1.29 is 4.74 Å². The summed E-state index contributed by atoms with van der Waals surface area (Å²) in [5.41, 5.74) is 1.41. The molecule has 0 aromatic carbocycles. The molecule has 0 N–H and O–H groups in total. The summed E-state index contributed by atoms with van der Waals surface area (Å²) in [4.78, 5) is 0. The molecule has 0 aromatic rings. The standard InChI is InChI=1S/C8H14O/c1-6-4-5-7(2)9-8(6)3/h7H,4-5H2,1-3H3. The first-order valence-electron chi connectivity index (χ1n) is 3.53. The molecular weight excluding hydrogens is 112 g/mol. The van der Waals surface area contributed by atoms with E-state index < -0.39 is 0 Å². The van der Waals surface area contributed by atoms with Gasteiger partial charge in [-0.15, -0.1) is 0 Å². The third-order valence-electron chi connectivity index (χ3n) is 1.90. The first kappa shape index (κ1) is 6.66. The molecule has 1 atom stereocenters. The van der Waals surface area contributed by atoms with Crippen LogP contribution in [0.15, 0.2) is 11.3 Å². The van der Waals surface area contributed by atoms with Gasteiger partial charge in [-0.25, -0.2) is 0 Å². The molecule has 1 rings (SSSR count). The number of rotatable bonds is 0. The lowest BCUT2D eigenvalue weighted by molar-refractivity contribution is 0.107. The largest absolute Gasteiger partial charge is 0.495 e. The smallest absolute Gasteiger partial charge is 0.0957 e. The van der Waals surface area contributed by atoms with Crippen LogP contribution in [0.5, 0.6) is 0 Å². The maximum absolute atomic E-state index is 5.48. The van der Waals surface area contributed by atoms with Crippen molar-refractivity contribution in [2.75, 3.05) is 0 Å². The van der Waals surface area contributed by atoms with Gasteiger partial charge in [0, 0.05) is 0 Å². The molecule has 0 bridgehead atoms. The average Bonchev–Trinajstić information content (AvgIpc) is 1.80. The van der Waals surface area contributed by atoms with Crippen molar-refractivity contribution in [3.05, 3.63) is 11.3 Å². The van der Waals surface area contributed by atoms with Crippen LogP contribution in [0, 0.1) is 0 Å². The Balaban J connectivity index is 2.61. The van der Waals surface area contributed by atoms with Crippen LogP contribution in [0.2, 0.25) is 0 Å². The van der Waals surface area contributed by atoms with Gasteiger partial charge in [0.2, 0.25) is 0 Å². The van der Waals surface area contributed by atoms with Crippen LogP contribution < -0.4 is 0 Å². The Kier molecular flexibility index (Phi) is 1.79. The van der Waals surface area contributed by atoms with Gasteiger partial charge in [-0.2, -0.15) is 0 Å². The number of allylic oxidation sites excluding steroid dienone is 2. The fourth-order valence-corrected chi connectivity index (χ4v) is 1.06. The Labute approximate surface area is 56.7 Å². The quantitative estimate of drug-likeness (QED) is 0.484. The highest BCUT2D eigenvalue weighted by Crippen LogP contribution is 2.21. The van der Waals surface area contributed by atoms with Crippen LogP contribution in [-0.2, 0) is 4.74 Å². The molecule has 1 heterocycles. The van der Waals surface area contributed by atoms with Crippen molar-refractivity contribution in [2.24, 2.45) is 0 Å². The first-order chi connectivity index (χ1) is 4.20. The third-order valence-corrected chi connectivity index (χ3v) is 1.90. The van der Waals surface area contributed by atoms with Crippen LogP contribution in [-0.4, -0.2) is 6.10 Å². The van der Waals surface area contributed by atoms with E-state index in [-0.39, 0.29) is 0 Å². The van der Waals surface area contributed by atoms with Gasteiger partial charge in [-0.05, 0) is 39.2 Å². The molecule has 0 aromatic heterocycles. The second-order valence-electron chi connectivity index (χ2n) is 2.80. The molecule has 9 heavy (non-hydrogen) atoms. The van der Waals surface area contributed by atoms with E-state index in [4.69, 9.17) is 4.74 Å². The lowest BCUT2D eigenvalue weighted by Gasteiger charge is -2.22. The lowest BCUT2D eigenvalue weighted by atomic mass is 10.1. The summed E-state index contributed by atoms with van der Waals surface area (Å²) < 4.78 is 5.48.